The van der Waals surface area contributed by atoms with Gasteiger partial charge in [0.15, 0.2) is 0 Å². The van der Waals surface area contributed by atoms with Crippen LogP contribution in [0.4, 0.5) is 4.39 Å². The zero-order valence-electron chi connectivity index (χ0n) is 8.66. The molecule has 2 aromatic rings. The molecular formula is C12H8Cl2FNS. The van der Waals surface area contributed by atoms with Crippen LogP contribution < -0.4 is 0 Å². The highest BCUT2D eigenvalue weighted by Gasteiger charge is 2.04. The molecule has 1 aromatic heterocycles. The van der Waals surface area contributed by atoms with Gasteiger partial charge in [-0.25, -0.2) is 9.37 Å². The van der Waals surface area contributed by atoms with Gasteiger partial charge in [0, 0.05) is 10.6 Å². The van der Waals surface area contributed by atoms with Crippen molar-refractivity contribution in [2.24, 2.45) is 0 Å². The molecule has 0 amide bonds. The molecule has 0 spiro atoms. The second-order valence-electron chi connectivity index (χ2n) is 3.31. The normalized spacial score (nSPS) is 10.5. The van der Waals surface area contributed by atoms with Crippen molar-refractivity contribution < 1.29 is 4.39 Å². The predicted molar refractivity (Wildman–Crippen MR) is 70.2 cm³/mol. The lowest BCUT2D eigenvalue weighted by atomic mass is 10.3. The van der Waals surface area contributed by atoms with Gasteiger partial charge >= 0.3 is 0 Å². The van der Waals surface area contributed by atoms with Crippen molar-refractivity contribution >= 4 is 35.0 Å². The number of benzene rings is 1. The van der Waals surface area contributed by atoms with Gasteiger partial charge in [0.25, 0.3) is 0 Å². The van der Waals surface area contributed by atoms with Gasteiger partial charge in [-0.15, -0.1) is 11.8 Å². The van der Waals surface area contributed by atoms with Crippen LogP contribution in [0.2, 0.25) is 10.2 Å². The largest absolute Gasteiger partial charge is 0.239 e. The first-order chi connectivity index (χ1) is 8.15. The van der Waals surface area contributed by atoms with Crippen molar-refractivity contribution in [2.75, 3.05) is 0 Å². The van der Waals surface area contributed by atoms with Crippen LogP contribution in [0.25, 0.3) is 0 Å². The Morgan fingerprint density at radius 2 is 1.76 bits per heavy atom. The second-order valence-corrected chi connectivity index (χ2v) is 5.15. The Balaban J connectivity index is 2.07. The number of hydrogen-bond acceptors (Lipinski definition) is 2. The standard InChI is InChI=1S/C12H8Cl2FNS/c13-10-5-6-12(14)16-11(10)7-17-9-3-1-8(15)2-4-9/h1-6H,7H2. The summed E-state index contributed by atoms with van der Waals surface area (Å²) in [6.07, 6.45) is 0. The number of pyridine rings is 1. The predicted octanol–water partition coefficient (Wildman–Crippen LogP) is 4.82. The van der Waals surface area contributed by atoms with Gasteiger partial charge in [0.1, 0.15) is 11.0 Å². The molecule has 0 radical (unpaired) electrons. The van der Waals surface area contributed by atoms with Crippen LogP contribution in [0.5, 0.6) is 0 Å². The molecule has 0 aliphatic heterocycles. The third kappa shape index (κ3) is 3.60. The van der Waals surface area contributed by atoms with E-state index >= 15 is 0 Å². The second kappa shape index (κ2) is 5.71. The van der Waals surface area contributed by atoms with Crippen molar-refractivity contribution in [3.63, 3.8) is 0 Å². The summed E-state index contributed by atoms with van der Waals surface area (Å²) in [5.74, 6) is 0.360. The van der Waals surface area contributed by atoms with E-state index < -0.39 is 0 Å². The van der Waals surface area contributed by atoms with Crippen molar-refractivity contribution in [1.82, 2.24) is 4.98 Å². The third-order valence-electron chi connectivity index (χ3n) is 2.07. The maximum absolute atomic E-state index is 12.7. The average Bonchev–Trinajstić information content (AvgIpc) is 2.32. The van der Waals surface area contributed by atoms with E-state index in [1.807, 2.05) is 0 Å². The van der Waals surface area contributed by atoms with Crippen molar-refractivity contribution in [2.45, 2.75) is 10.6 Å². The summed E-state index contributed by atoms with van der Waals surface area (Å²) < 4.78 is 12.7. The zero-order valence-corrected chi connectivity index (χ0v) is 11.0. The lowest BCUT2D eigenvalue weighted by Gasteiger charge is -2.04. The quantitative estimate of drug-likeness (QED) is 0.593. The first-order valence-corrected chi connectivity index (χ1v) is 6.58. The minimum absolute atomic E-state index is 0.242. The molecule has 0 saturated heterocycles. The Morgan fingerprint density at radius 3 is 2.47 bits per heavy atom. The van der Waals surface area contributed by atoms with Crippen LogP contribution >= 0.6 is 35.0 Å². The number of halogens is 3. The summed E-state index contributed by atoms with van der Waals surface area (Å²) in [5.41, 5.74) is 0.730. The molecule has 0 fully saturated rings. The Bertz CT molecular complexity index is 516. The Kier molecular flexibility index (Phi) is 4.26. The van der Waals surface area contributed by atoms with Crippen LogP contribution in [0.3, 0.4) is 0 Å². The Morgan fingerprint density at radius 1 is 1.06 bits per heavy atom. The zero-order chi connectivity index (χ0) is 12.3. The summed E-state index contributed by atoms with van der Waals surface area (Å²) in [4.78, 5) is 5.11. The maximum Gasteiger partial charge on any atom is 0.129 e. The molecule has 0 bridgehead atoms. The molecule has 0 atom stereocenters. The fourth-order valence-electron chi connectivity index (χ4n) is 1.24. The molecule has 0 N–H and O–H groups in total. The van der Waals surface area contributed by atoms with Crippen LogP contribution in [-0.2, 0) is 5.75 Å². The molecule has 2 rings (SSSR count). The molecular weight excluding hydrogens is 280 g/mol. The van der Waals surface area contributed by atoms with Gasteiger partial charge in [-0.1, -0.05) is 23.2 Å². The van der Waals surface area contributed by atoms with Crippen LogP contribution in [-0.4, -0.2) is 4.98 Å². The molecule has 88 valence electrons. The molecule has 0 saturated carbocycles. The summed E-state index contributed by atoms with van der Waals surface area (Å²) in [6.45, 7) is 0. The van der Waals surface area contributed by atoms with E-state index in [0.717, 1.165) is 10.6 Å². The molecule has 0 unspecified atom stereocenters. The molecule has 1 aromatic carbocycles. The number of thioether (sulfide) groups is 1. The lowest BCUT2D eigenvalue weighted by Crippen LogP contribution is -1.89. The lowest BCUT2D eigenvalue weighted by molar-refractivity contribution is 0.626. The van der Waals surface area contributed by atoms with Crippen LogP contribution in [0.15, 0.2) is 41.3 Å². The van der Waals surface area contributed by atoms with E-state index in [-0.39, 0.29) is 5.82 Å². The third-order valence-corrected chi connectivity index (χ3v) is 3.65. The van der Waals surface area contributed by atoms with Crippen LogP contribution in [0, 0.1) is 5.82 Å². The van der Waals surface area contributed by atoms with E-state index in [2.05, 4.69) is 4.98 Å². The monoisotopic (exact) mass is 287 g/mol. The highest BCUT2D eigenvalue weighted by atomic mass is 35.5. The minimum Gasteiger partial charge on any atom is -0.239 e. The number of nitrogens with zero attached hydrogens (tertiary/aromatic N) is 1. The molecule has 1 nitrogen and oxygen atoms in total. The first kappa shape index (κ1) is 12.7. The van der Waals surface area contributed by atoms with Gasteiger partial charge in [-0.2, -0.15) is 0 Å². The molecule has 17 heavy (non-hydrogen) atoms. The van der Waals surface area contributed by atoms with Gasteiger partial charge in [0.05, 0.1) is 10.7 Å². The van der Waals surface area contributed by atoms with E-state index in [4.69, 9.17) is 23.2 Å². The Labute approximate surface area is 113 Å². The fraction of sp³-hybridized carbons (Fsp3) is 0.0833. The Hall–Kier alpha value is -0.770. The molecule has 0 aliphatic carbocycles. The summed E-state index contributed by atoms with van der Waals surface area (Å²) in [5, 5.41) is 1.01. The number of rotatable bonds is 3. The van der Waals surface area contributed by atoms with E-state index in [9.17, 15) is 4.39 Å². The highest BCUT2D eigenvalue weighted by molar-refractivity contribution is 7.98. The van der Waals surface area contributed by atoms with Gasteiger partial charge in [0.2, 0.25) is 0 Å². The average molecular weight is 288 g/mol. The topological polar surface area (TPSA) is 12.9 Å². The molecule has 5 heteroatoms. The summed E-state index contributed by atoms with van der Waals surface area (Å²) >= 11 is 13.3. The summed E-state index contributed by atoms with van der Waals surface area (Å²) in [6, 6.07) is 9.66. The number of aromatic nitrogens is 1. The van der Waals surface area contributed by atoms with Crippen molar-refractivity contribution in [3.8, 4) is 0 Å². The number of hydrogen-bond donors (Lipinski definition) is 0. The fourth-order valence-corrected chi connectivity index (χ4v) is 2.51. The van der Waals surface area contributed by atoms with Gasteiger partial charge < -0.3 is 0 Å². The van der Waals surface area contributed by atoms with E-state index in [0.29, 0.717) is 15.9 Å². The van der Waals surface area contributed by atoms with Gasteiger partial charge in [-0.05, 0) is 36.4 Å². The van der Waals surface area contributed by atoms with Crippen LogP contribution in [0.1, 0.15) is 5.69 Å². The SMILES string of the molecule is Fc1ccc(SCc2nc(Cl)ccc2Cl)cc1. The molecule has 0 aliphatic rings. The van der Waals surface area contributed by atoms with Crippen molar-refractivity contribution in [1.29, 1.82) is 0 Å². The minimum atomic E-state index is -0.242. The first-order valence-electron chi connectivity index (χ1n) is 4.84. The smallest absolute Gasteiger partial charge is 0.129 e. The van der Waals surface area contributed by atoms with E-state index in [1.54, 1.807) is 24.3 Å². The molecule has 1 heterocycles. The van der Waals surface area contributed by atoms with E-state index in [1.165, 1.54) is 23.9 Å². The maximum atomic E-state index is 12.7. The van der Waals surface area contributed by atoms with Crippen molar-refractivity contribution in [3.05, 3.63) is 58.1 Å². The highest BCUT2D eigenvalue weighted by Crippen LogP contribution is 2.26. The summed E-state index contributed by atoms with van der Waals surface area (Å²) in [7, 11) is 0. The van der Waals surface area contributed by atoms with Gasteiger partial charge in [-0.3, -0.25) is 0 Å².